The first-order valence-corrected chi connectivity index (χ1v) is 7.90. The van der Waals surface area contributed by atoms with Crippen LogP contribution in [0.2, 0.25) is 5.02 Å². The molecule has 0 unspecified atom stereocenters. The summed E-state index contributed by atoms with van der Waals surface area (Å²) in [6, 6.07) is 8.31. The van der Waals surface area contributed by atoms with E-state index in [4.69, 9.17) is 11.6 Å². The quantitative estimate of drug-likeness (QED) is 0.745. The van der Waals surface area contributed by atoms with E-state index in [9.17, 15) is 14.4 Å². The number of aryl methyl sites for hydroxylation is 1. The van der Waals surface area contributed by atoms with Gasteiger partial charge in [-0.15, -0.1) is 0 Å². The zero-order valence-corrected chi connectivity index (χ0v) is 14.3. The first-order valence-electron chi connectivity index (χ1n) is 7.53. The number of rotatable bonds is 3. The van der Waals surface area contributed by atoms with Crippen molar-refractivity contribution < 1.29 is 4.79 Å². The van der Waals surface area contributed by atoms with Gasteiger partial charge in [0.2, 0.25) is 0 Å². The lowest BCUT2D eigenvalue weighted by molar-refractivity contribution is 0.0939. The summed E-state index contributed by atoms with van der Waals surface area (Å²) >= 11 is 6.14. The molecule has 0 aliphatic heterocycles. The molecule has 0 fully saturated rings. The molecule has 0 aliphatic carbocycles. The first kappa shape index (κ1) is 16.9. The second-order valence-corrected chi connectivity index (χ2v) is 6.04. The number of H-pyrrole nitrogens is 1. The Kier molecular flexibility index (Phi) is 4.41. The Hall–Kier alpha value is -2.93. The molecule has 0 saturated heterocycles. The van der Waals surface area contributed by atoms with Crippen LogP contribution < -0.4 is 16.6 Å². The number of halogens is 1. The fourth-order valence-corrected chi connectivity index (χ4v) is 2.84. The van der Waals surface area contributed by atoms with Crippen molar-refractivity contribution >= 4 is 28.5 Å². The van der Waals surface area contributed by atoms with Crippen LogP contribution in [0.1, 0.15) is 28.9 Å². The fourth-order valence-electron chi connectivity index (χ4n) is 2.54. The molecule has 128 valence electrons. The van der Waals surface area contributed by atoms with Crippen molar-refractivity contribution in [2.75, 3.05) is 0 Å². The highest BCUT2D eigenvalue weighted by molar-refractivity contribution is 6.31. The van der Waals surface area contributed by atoms with Crippen molar-refractivity contribution in [2.24, 2.45) is 7.05 Å². The number of nitrogens with zero attached hydrogens (tertiary/aromatic N) is 2. The number of aromatic nitrogens is 3. The Morgan fingerprint density at radius 1 is 1.32 bits per heavy atom. The Bertz CT molecular complexity index is 1090. The highest BCUT2D eigenvalue weighted by Gasteiger charge is 2.16. The SMILES string of the molecule is C[C@@H](NC(=O)c1cnc2c(c1)c(=O)[nH]c(=O)n2C)c1ccccc1Cl. The Morgan fingerprint density at radius 2 is 2.04 bits per heavy atom. The van der Waals surface area contributed by atoms with Crippen molar-refractivity contribution in [3.63, 3.8) is 0 Å². The number of hydrogen-bond acceptors (Lipinski definition) is 4. The Balaban J connectivity index is 1.94. The smallest absolute Gasteiger partial charge is 0.329 e. The number of amides is 1. The molecule has 1 aromatic carbocycles. The van der Waals surface area contributed by atoms with Gasteiger partial charge in [0.25, 0.3) is 11.5 Å². The monoisotopic (exact) mass is 358 g/mol. The predicted octanol–water partition coefficient (Wildman–Crippen LogP) is 1.77. The summed E-state index contributed by atoms with van der Waals surface area (Å²) in [6.07, 6.45) is 1.33. The normalized spacial score (nSPS) is 12.1. The third-order valence-corrected chi connectivity index (χ3v) is 4.28. The average molecular weight is 359 g/mol. The van der Waals surface area contributed by atoms with Crippen molar-refractivity contribution in [3.05, 3.63) is 73.5 Å². The van der Waals surface area contributed by atoms with Crippen LogP contribution in [-0.4, -0.2) is 20.4 Å². The van der Waals surface area contributed by atoms with Crippen LogP contribution in [0.3, 0.4) is 0 Å². The average Bonchev–Trinajstić information content (AvgIpc) is 2.59. The van der Waals surface area contributed by atoms with Crippen molar-refractivity contribution in [2.45, 2.75) is 13.0 Å². The lowest BCUT2D eigenvalue weighted by atomic mass is 10.1. The maximum absolute atomic E-state index is 12.5. The number of pyridine rings is 1. The number of benzene rings is 1. The molecule has 2 heterocycles. The van der Waals surface area contributed by atoms with Gasteiger partial charge in [-0.05, 0) is 24.6 Å². The zero-order chi connectivity index (χ0) is 18.1. The second kappa shape index (κ2) is 6.52. The van der Waals surface area contributed by atoms with Crippen LogP contribution in [0, 0.1) is 0 Å². The minimum atomic E-state index is -0.584. The van der Waals surface area contributed by atoms with Gasteiger partial charge in [-0.25, -0.2) is 9.78 Å². The fraction of sp³-hybridized carbons (Fsp3) is 0.176. The number of nitrogens with one attached hydrogen (secondary N) is 2. The summed E-state index contributed by atoms with van der Waals surface area (Å²) in [4.78, 5) is 42.3. The standard InChI is InChI=1S/C17H15ClN4O3/c1-9(11-5-3-4-6-13(11)18)20-15(23)10-7-12-14(19-8-10)22(2)17(25)21-16(12)24/h3-9H,1-2H3,(H,20,23)(H,21,24,25)/t9-/m1/s1. The number of carbonyl (C=O) groups is 1. The van der Waals surface area contributed by atoms with E-state index in [1.165, 1.54) is 23.9 Å². The third-order valence-electron chi connectivity index (χ3n) is 3.94. The molecule has 2 aromatic heterocycles. The van der Waals surface area contributed by atoms with Gasteiger partial charge in [0.1, 0.15) is 5.65 Å². The molecule has 1 amide bonds. The molecule has 0 bridgehead atoms. The van der Waals surface area contributed by atoms with Crippen LogP contribution in [-0.2, 0) is 7.05 Å². The topological polar surface area (TPSA) is 96.8 Å². The first-order chi connectivity index (χ1) is 11.9. The summed E-state index contributed by atoms with van der Waals surface area (Å²) < 4.78 is 1.21. The third kappa shape index (κ3) is 3.18. The minimum absolute atomic E-state index is 0.167. The zero-order valence-electron chi connectivity index (χ0n) is 13.5. The van der Waals surface area contributed by atoms with E-state index in [1.807, 2.05) is 25.1 Å². The van der Waals surface area contributed by atoms with E-state index < -0.39 is 17.2 Å². The molecular weight excluding hydrogens is 344 g/mol. The summed E-state index contributed by atoms with van der Waals surface area (Å²) in [5, 5.41) is 3.54. The molecule has 25 heavy (non-hydrogen) atoms. The van der Waals surface area contributed by atoms with E-state index in [0.717, 1.165) is 5.56 Å². The van der Waals surface area contributed by atoms with Gasteiger partial charge in [-0.3, -0.25) is 19.1 Å². The summed E-state index contributed by atoms with van der Waals surface area (Å²) in [6.45, 7) is 1.81. The maximum atomic E-state index is 12.5. The molecule has 2 N–H and O–H groups in total. The molecule has 0 spiro atoms. The summed E-state index contributed by atoms with van der Waals surface area (Å²) in [5.74, 6) is -0.393. The minimum Gasteiger partial charge on any atom is -0.345 e. The van der Waals surface area contributed by atoms with Crippen LogP contribution in [0.15, 0.2) is 46.1 Å². The van der Waals surface area contributed by atoms with E-state index in [-0.39, 0.29) is 22.6 Å². The highest BCUT2D eigenvalue weighted by atomic mass is 35.5. The number of fused-ring (bicyclic) bond motifs is 1. The number of aromatic amines is 1. The highest BCUT2D eigenvalue weighted by Crippen LogP contribution is 2.22. The molecule has 7 nitrogen and oxygen atoms in total. The van der Waals surface area contributed by atoms with Gasteiger partial charge in [0, 0.05) is 18.3 Å². The van der Waals surface area contributed by atoms with Gasteiger partial charge in [-0.2, -0.15) is 0 Å². The molecule has 3 rings (SSSR count). The van der Waals surface area contributed by atoms with Gasteiger partial charge in [-0.1, -0.05) is 29.8 Å². The summed E-state index contributed by atoms with van der Waals surface area (Å²) in [7, 11) is 1.49. The Morgan fingerprint density at radius 3 is 2.76 bits per heavy atom. The second-order valence-electron chi connectivity index (χ2n) is 5.63. The van der Waals surface area contributed by atoms with Gasteiger partial charge >= 0.3 is 5.69 Å². The van der Waals surface area contributed by atoms with Crippen LogP contribution in [0.5, 0.6) is 0 Å². The van der Waals surface area contributed by atoms with Crippen molar-refractivity contribution in [3.8, 4) is 0 Å². The summed E-state index contributed by atoms with van der Waals surface area (Å²) in [5.41, 5.74) is 0.0699. The molecule has 0 aliphatic rings. The van der Waals surface area contributed by atoms with E-state index in [2.05, 4.69) is 15.3 Å². The molecule has 0 saturated carbocycles. The number of hydrogen-bond donors (Lipinski definition) is 2. The van der Waals surface area contributed by atoms with Crippen molar-refractivity contribution in [1.29, 1.82) is 0 Å². The van der Waals surface area contributed by atoms with Crippen LogP contribution in [0.4, 0.5) is 0 Å². The Labute approximate surface area is 147 Å². The molecule has 8 heteroatoms. The lowest BCUT2D eigenvalue weighted by Gasteiger charge is -2.15. The number of carbonyl (C=O) groups excluding carboxylic acids is 1. The lowest BCUT2D eigenvalue weighted by Crippen LogP contribution is -2.30. The largest absolute Gasteiger partial charge is 0.345 e. The van der Waals surface area contributed by atoms with E-state index in [0.29, 0.717) is 5.02 Å². The molecule has 0 radical (unpaired) electrons. The van der Waals surface area contributed by atoms with Crippen LogP contribution in [0.25, 0.3) is 11.0 Å². The molecule has 3 aromatic rings. The van der Waals surface area contributed by atoms with Gasteiger partial charge in [0.05, 0.1) is 17.0 Å². The predicted molar refractivity (Wildman–Crippen MR) is 94.9 cm³/mol. The van der Waals surface area contributed by atoms with Gasteiger partial charge < -0.3 is 5.32 Å². The molecular formula is C17H15ClN4O3. The molecule has 1 atom stereocenters. The maximum Gasteiger partial charge on any atom is 0.329 e. The van der Waals surface area contributed by atoms with Crippen LogP contribution >= 0.6 is 11.6 Å². The van der Waals surface area contributed by atoms with Crippen molar-refractivity contribution in [1.82, 2.24) is 19.9 Å². The van der Waals surface area contributed by atoms with Gasteiger partial charge in [0.15, 0.2) is 0 Å². The van der Waals surface area contributed by atoms with E-state index in [1.54, 1.807) is 6.07 Å². The van der Waals surface area contributed by atoms with E-state index >= 15 is 0 Å².